The Morgan fingerprint density at radius 3 is 2.24 bits per heavy atom. The molecule has 2 amide bonds. The average molecular weight is 573 g/mol. The van der Waals surface area contributed by atoms with E-state index >= 15 is 0 Å². The minimum atomic E-state index is -4.41. The molecule has 13 heteroatoms. The van der Waals surface area contributed by atoms with Gasteiger partial charge in [-0.25, -0.2) is 9.78 Å². The van der Waals surface area contributed by atoms with Crippen LogP contribution in [-0.4, -0.2) is 41.1 Å². The maximum Gasteiger partial charge on any atom is 0.405 e. The normalized spacial score (nSPS) is 12.9. The number of hydrogen-bond acceptors (Lipinski definition) is 7. The summed E-state index contributed by atoms with van der Waals surface area (Å²) in [4.78, 5) is 30.5. The summed E-state index contributed by atoms with van der Waals surface area (Å²) in [5.74, 6) is -0.501. The SMILES string of the molecule is O=C(O)N[C@@H](Cc1ccccc1)C(=O)NC(Cc1ccc(NS(=O)(=O)O)cc1)c1nc(-c2cccs2)cs1. The summed E-state index contributed by atoms with van der Waals surface area (Å²) in [5.41, 5.74) is 2.51. The third-order valence-corrected chi connectivity index (χ3v) is 7.79. The number of aromatic nitrogens is 1. The molecule has 5 N–H and O–H groups in total. The highest BCUT2D eigenvalue weighted by Gasteiger charge is 2.26. The summed E-state index contributed by atoms with van der Waals surface area (Å²) < 4.78 is 33.1. The molecule has 2 aromatic heterocycles. The lowest BCUT2D eigenvalue weighted by molar-refractivity contribution is -0.123. The highest BCUT2D eigenvalue weighted by molar-refractivity contribution is 7.87. The van der Waals surface area contributed by atoms with Crippen molar-refractivity contribution in [2.45, 2.75) is 24.9 Å². The van der Waals surface area contributed by atoms with Gasteiger partial charge in [0.05, 0.1) is 22.3 Å². The molecule has 0 saturated heterocycles. The number of amides is 2. The van der Waals surface area contributed by atoms with Crippen molar-refractivity contribution in [2.75, 3.05) is 4.72 Å². The zero-order valence-corrected chi connectivity index (χ0v) is 22.2. The third kappa shape index (κ3) is 7.86. The van der Waals surface area contributed by atoms with Crippen molar-refractivity contribution in [1.29, 1.82) is 0 Å². The van der Waals surface area contributed by atoms with E-state index in [4.69, 9.17) is 9.54 Å². The highest BCUT2D eigenvalue weighted by atomic mass is 32.2. The molecule has 4 rings (SSSR count). The van der Waals surface area contributed by atoms with Crippen LogP contribution >= 0.6 is 22.7 Å². The zero-order chi connectivity index (χ0) is 27.1. The predicted octanol–water partition coefficient (Wildman–Crippen LogP) is 4.37. The first-order valence-corrected chi connectivity index (χ1v) is 14.5. The molecule has 0 aliphatic carbocycles. The van der Waals surface area contributed by atoms with E-state index in [0.717, 1.165) is 21.7 Å². The fourth-order valence-electron chi connectivity index (χ4n) is 3.76. The van der Waals surface area contributed by atoms with Gasteiger partial charge in [-0.05, 0) is 41.1 Å². The summed E-state index contributed by atoms with van der Waals surface area (Å²) in [5, 5.41) is 19.1. The van der Waals surface area contributed by atoms with Gasteiger partial charge in [0.15, 0.2) is 0 Å². The molecule has 0 spiro atoms. The molecule has 38 heavy (non-hydrogen) atoms. The number of carbonyl (C=O) groups is 2. The van der Waals surface area contributed by atoms with Crippen molar-refractivity contribution in [3.63, 3.8) is 0 Å². The lowest BCUT2D eigenvalue weighted by atomic mass is 10.0. The fraction of sp³-hybridized carbons (Fsp3) is 0.160. The van der Waals surface area contributed by atoms with Crippen molar-refractivity contribution < 1.29 is 27.7 Å². The maximum absolute atomic E-state index is 13.3. The van der Waals surface area contributed by atoms with Crippen LogP contribution in [0.4, 0.5) is 10.5 Å². The maximum atomic E-state index is 13.3. The second-order valence-corrected chi connectivity index (χ2v) is 11.3. The minimum absolute atomic E-state index is 0.167. The summed E-state index contributed by atoms with van der Waals surface area (Å²) in [7, 11) is -4.41. The second-order valence-electron chi connectivity index (χ2n) is 8.28. The lowest BCUT2D eigenvalue weighted by Gasteiger charge is -2.22. The monoisotopic (exact) mass is 572 g/mol. The molecule has 1 unspecified atom stereocenters. The van der Waals surface area contributed by atoms with Crippen molar-refractivity contribution in [2.24, 2.45) is 0 Å². The van der Waals surface area contributed by atoms with Crippen molar-refractivity contribution >= 4 is 50.7 Å². The van der Waals surface area contributed by atoms with Crippen LogP contribution in [0.1, 0.15) is 22.2 Å². The summed E-state index contributed by atoms with van der Waals surface area (Å²) in [6.07, 6.45) is -0.839. The Bertz CT molecular complexity index is 1470. The Morgan fingerprint density at radius 1 is 0.895 bits per heavy atom. The van der Waals surface area contributed by atoms with Crippen molar-refractivity contribution in [1.82, 2.24) is 15.6 Å². The summed E-state index contributed by atoms with van der Waals surface area (Å²) in [6, 6.07) is 17.7. The van der Waals surface area contributed by atoms with Crippen LogP contribution in [0.2, 0.25) is 0 Å². The number of benzene rings is 2. The quantitative estimate of drug-likeness (QED) is 0.167. The summed E-state index contributed by atoms with van der Waals surface area (Å²) in [6.45, 7) is 0. The number of nitrogens with zero attached hydrogens (tertiary/aromatic N) is 1. The smallest absolute Gasteiger partial charge is 0.405 e. The van der Waals surface area contributed by atoms with Gasteiger partial charge in [-0.2, -0.15) is 8.42 Å². The zero-order valence-electron chi connectivity index (χ0n) is 19.8. The van der Waals surface area contributed by atoms with E-state index in [1.165, 1.54) is 23.5 Å². The van der Waals surface area contributed by atoms with Crippen LogP contribution in [0.5, 0.6) is 0 Å². The Kier molecular flexibility index (Phi) is 8.73. The number of anilines is 1. The number of thiophene rings is 1. The van der Waals surface area contributed by atoms with Crippen molar-refractivity contribution in [3.05, 3.63) is 93.6 Å². The second kappa shape index (κ2) is 12.2. The highest BCUT2D eigenvalue weighted by Crippen LogP contribution is 2.30. The van der Waals surface area contributed by atoms with Crippen LogP contribution in [0.15, 0.2) is 77.5 Å². The third-order valence-electron chi connectivity index (χ3n) is 5.45. The van der Waals surface area contributed by atoms with Crippen LogP contribution in [-0.2, 0) is 27.9 Å². The average Bonchev–Trinajstić information content (AvgIpc) is 3.56. The molecule has 0 radical (unpaired) electrons. The number of thiazole rings is 1. The Morgan fingerprint density at radius 2 is 1.61 bits per heavy atom. The number of hydrogen-bond donors (Lipinski definition) is 5. The molecular weight excluding hydrogens is 548 g/mol. The van der Waals surface area contributed by atoms with Gasteiger partial charge in [0.25, 0.3) is 0 Å². The molecule has 0 aliphatic rings. The van der Waals surface area contributed by atoms with Gasteiger partial charge >= 0.3 is 16.4 Å². The van der Waals surface area contributed by atoms with E-state index in [9.17, 15) is 23.1 Å². The number of carbonyl (C=O) groups excluding carboxylic acids is 1. The predicted molar refractivity (Wildman–Crippen MR) is 147 cm³/mol. The first-order valence-electron chi connectivity index (χ1n) is 11.3. The topological polar surface area (TPSA) is 158 Å². The van der Waals surface area contributed by atoms with Crippen molar-refractivity contribution in [3.8, 4) is 10.6 Å². The van der Waals surface area contributed by atoms with E-state index < -0.39 is 34.4 Å². The molecule has 0 saturated carbocycles. The molecule has 0 bridgehead atoms. The lowest BCUT2D eigenvalue weighted by Crippen LogP contribution is -2.48. The van der Waals surface area contributed by atoms with E-state index in [1.54, 1.807) is 23.5 Å². The number of nitrogens with one attached hydrogen (secondary N) is 3. The van der Waals surface area contributed by atoms with Gasteiger partial charge in [0.1, 0.15) is 11.0 Å². The molecular formula is C25H24N4O6S3. The van der Waals surface area contributed by atoms with Gasteiger partial charge in [-0.1, -0.05) is 48.5 Å². The molecule has 2 aromatic carbocycles. The Hall–Kier alpha value is -3.78. The summed E-state index contributed by atoms with van der Waals surface area (Å²) >= 11 is 2.92. The van der Waals surface area contributed by atoms with Gasteiger partial charge in [0, 0.05) is 11.8 Å². The van der Waals surface area contributed by atoms with Crippen LogP contribution in [0, 0.1) is 0 Å². The molecule has 0 aliphatic heterocycles. The molecule has 0 fully saturated rings. The molecule has 2 atom stereocenters. The Labute approximate surface area is 227 Å². The van der Waals surface area contributed by atoms with E-state index in [1.807, 2.05) is 57.9 Å². The number of carboxylic acid groups (broad SMARTS) is 1. The largest absolute Gasteiger partial charge is 0.465 e. The van der Waals surface area contributed by atoms with Gasteiger partial charge in [-0.15, -0.1) is 22.7 Å². The van der Waals surface area contributed by atoms with Gasteiger partial charge in [0.2, 0.25) is 5.91 Å². The van der Waals surface area contributed by atoms with E-state index in [0.29, 0.717) is 11.4 Å². The Balaban J connectivity index is 1.58. The first kappa shape index (κ1) is 27.3. The standard InChI is InChI=1S/C25H24N4O6S3/c30-23(19(28-25(31)32)13-16-5-2-1-3-6-16)26-20(24-27-21(15-37-24)22-7-4-12-36-22)14-17-8-10-18(11-9-17)29-38(33,34)35/h1-12,15,19-20,28-29H,13-14H2,(H,26,30)(H,31,32)(H,33,34,35)/t19-,20?/m0/s1. The van der Waals surface area contributed by atoms with E-state index in [2.05, 4.69) is 10.6 Å². The van der Waals surface area contributed by atoms with Crippen LogP contribution in [0.3, 0.4) is 0 Å². The van der Waals surface area contributed by atoms with Gasteiger partial charge < -0.3 is 15.7 Å². The van der Waals surface area contributed by atoms with Crippen LogP contribution < -0.4 is 15.4 Å². The van der Waals surface area contributed by atoms with E-state index in [-0.39, 0.29) is 12.1 Å². The van der Waals surface area contributed by atoms with Crippen LogP contribution in [0.25, 0.3) is 10.6 Å². The molecule has 198 valence electrons. The van der Waals surface area contributed by atoms with Gasteiger partial charge in [-0.3, -0.25) is 14.1 Å². The molecule has 4 aromatic rings. The number of rotatable bonds is 11. The molecule has 10 nitrogen and oxygen atoms in total. The molecule has 2 heterocycles. The first-order chi connectivity index (χ1) is 18.2. The fourth-order valence-corrected chi connectivity index (χ4v) is 5.82. The minimum Gasteiger partial charge on any atom is -0.465 e.